The fourth-order valence-corrected chi connectivity index (χ4v) is 2.34. The van der Waals surface area contributed by atoms with Crippen molar-refractivity contribution in [2.75, 3.05) is 19.5 Å². The lowest BCUT2D eigenvalue weighted by Crippen LogP contribution is -2.02. The van der Waals surface area contributed by atoms with Gasteiger partial charge in [0.25, 0.3) is 5.88 Å². The van der Waals surface area contributed by atoms with E-state index in [4.69, 9.17) is 9.47 Å². The molecule has 0 aliphatic heterocycles. The molecule has 0 amide bonds. The van der Waals surface area contributed by atoms with E-state index in [1.54, 1.807) is 14.2 Å². The molecule has 1 N–H and O–H groups in total. The van der Waals surface area contributed by atoms with Crippen LogP contribution in [-0.2, 0) is 0 Å². The van der Waals surface area contributed by atoms with Crippen LogP contribution in [0.1, 0.15) is 25.3 Å². The zero-order valence-electron chi connectivity index (χ0n) is 12.5. The Morgan fingerprint density at radius 3 is 2.62 bits per heavy atom. The average Bonchev–Trinajstić information content (AvgIpc) is 2.48. The quantitative estimate of drug-likeness (QED) is 0.874. The van der Waals surface area contributed by atoms with Crippen molar-refractivity contribution < 1.29 is 9.47 Å². The van der Waals surface area contributed by atoms with Crippen LogP contribution in [0.4, 0.5) is 5.82 Å². The summed E-state index contributed by atoms with van der Waals surface area (Å²) in [6.45, 7) is 4.23. The number of anilines is 1. The minimum atomic E-state index is 0.328. The van der Waals surface area contributed by atoms with E-state index in [9.17, 15) is 0 Å². The zero-order chi connectivity index (χ0) is 15.4. The number of rotatable bonds is 5. The first-order valence-corrected chi connectivity index (χ1v) is 7.40. The highest BCUT2D eigenvalue weighted by Crippen LogP contribution is 2.37. The predicted octanol–water partition coefficient (Wildman–Crippen LogP) is 4.21. The van der Waals surface area contributed by atoms with Gasteiger partial charge in [-0.15, -0.1) is 0 Å². The average molecular weight is 352 g/mol. The Hall–Kier alpha value is -1.82. The van der Waals surface area contributed by atoms with Crippen LogP contribution in [0.15, 0.2) is 29.0 Å². The van der Waals surface area contributed by atoms with E-state index >= 15 is 0 Å². The van der Waals surface area contributed by atoms with Crippen LogP contribution >= 0.6 is 15.9 Å². The fraction of sp³-hybridized carbons (Fsp3) is 0.333. The number of hydrogen-bond donors (Lipinski definition) is 1. The van der Waals surface area contributed by atoms with Gasteiger partial charge in [0.05, 0.1) is 7.11 Å². The Bertz CT molecular complexity index is 632. The van der Waals surface area contributed by atoms with Crippen molar-refractivity contribution in [1.29, 1.82) is 0 Å². The molecule has 0 bridgehead atoms. The van der Waals surface area contributed by atoms with E-state index in [0.717, 1.165) is 15.8 Å². The molecule has 1 aromatic heterocycles. The van der Waals surface area contributed by atoms with Crippen LogP contribution < -0.4 is 14.8 Å². The van der Waals surface area contributed by atoms with Crippen molar-refractivity contribution >= 4 is 21.7 Å². The molecule has 21 heavy (non-hydrogen) atoms. The number of nitrogens with zero attached hydrogens (tertiary/aromatic N) is 2. The molecule has 5 nitrogen and oxygen atoms in total. The molecule has 2 aromatic rings. The van der Waals surface area contributed by atoms with Gasteiger partial charge in [-0.2, -0.15) is 4.98 Å². The van der Waals surface area contributed by atoms with Gasteiger partial charge in [0.1, 0.15) is 12.1 Å². The van der Waals surface area contributed by atoms with E-state index in [1.165, 1.54) is 6.33 Å². The summed E-state index contributed by atoms with van der Waals surface area (Å²) in [6.07, 6.45) is 1.44. The maximum atomic E-state index is 5.95. The summed E-state index contributed by atoms with van der Waals surface area (Å²) in [7, 11) is 3.34. The van der Waals surface area contributed by atoms with Crippen molar-refractivity contribution in [3.05, 3.63) is 34.6 Å². The largest absolute Gasteiger partial charge is 0.489 e. The summed E-state index contributed by atoms with van der Waals surface area (Å²) in [5.41, 5.74) is 1.09. The molecule has 0 aliphatic carbocycles. The third-order valence-corrected chi connectivity index (χ3v) is 3.51. The third-order valence-electron chi connectivity index (χ3n) is 3.01. The minimum absolute atomic E-state index is 0.328. The molecular weight excluding hydrogens is 334 g/mol. The fourth-order valence-electron chi connectivity index (χ4n) is 1.96. The predicted molar refractivity (Wildman–Crippen MR) is 86.4 cm³/mol. The molecule has 1 heterocycles. The molecule has 0 unspecified atom stereocenters. The first-order valence-electron chi connectivity index (χ1n) is 6.60. The molecular formula is C15H18BrN3O2. The Kier molecular flexibility index (Phi) is 5.01. The molecule has 2 rings (SSSR count). The minimum Gasteiger partial charge on any atom is -0.489 e. The smallest absolute Gasteiger partial charge is 0.268 e. The van der Waals surface area contributed by atoms with E-state index in [-0.39, 0.29) is 0 Å². The molecule has 1 aromatic carbocycles. The van der Waals surface area contributed by atoms with E-state index in [2.05, 4.69) is 45.1 Å². The topological polar surface area (TPSA) is 56.3 Å². The molecule has 0 atom stereocenters. The number of aromatic nitrogens is 2. The second-order valence-electron chi connectivity index (χ2n) is 4.75. The Morgan fingerprint density at radius 1 is 1.24 bits per heavy atom. The van der Waals surface area contributed by atoms with Gasteiger partial charge in [-0.3, -0.25) is 0 Å². The van der Waals surface area contributed by atoms with Crippen LogP contribution in [0.3, 0.4) is 0 Å². The first kappa shape index (κ1) is 15.6. The summed E-state index contributed by atoms with van der Waals surface area (Å²) in [4.78, 5) is 8.27. The second-order valence-corrected chi connectivity index (χ2v) is 5.67. The summed E-state index contributed by atoms with van der Waals surface area (Å²) in [5, 5.41) is 2.96. The van der Waals surface area contributed by atoms with Crippen LogP contribution in [0, 0.1) is 0 Å². The van der Waals surface area contributed by atoms with Crippen molar-refractivity contribution in [2.24, 2.45) is 0 Å². The van der Waals surface area contributed by atoms with Crippen molar-refractivity contribution in [3.8, 4) is 17.4 Å². The van der Waals surface area contributed by atoms with Crippen molar-refractivity contribution in [2.45, 2.75) is 19.8 Å². The number of nitrogens with one attached hydrogen (secondary N) is 1. The van der Waals surface area contributed by atoms with Gasteiger partial charge in [0.15, 0.2) is 5.82 Å². The maximum Gasteiger partial charge on any atom is 0.268 e. The molecule has 0 saturated carbocycles. The Labute approximate surface area is 132 Å². The molecule has 0 fully saturated rings. The second kappa shape index (κ2) is 6.76. The lowest BCUT2D eigenvalue weighted by atomic mass is 10.0. The maximum absolute atomic E-state index is 5.95. The summed E-state index contributed by atoms with van der Waals surface area (Å²) in [6, 6.07) is 5.90. The van der Waals surface area contributed by atoms with Gasteiger partial charge in [-0.1, -0.05) is 29.8 Å². The Morgan fingerprint density at radius 2 is 2.00 bits per heavy atom. The highest BCUT2D eigenvalue weighted by molar-refractivity contribution is 9.10. The van der Waals surface area contributed by atoms with Crippen molar-refractivity contribution in [3.63, 3.8) is 0 Å². The highest BCUT2D eigenvalue weighted by atomic mass is 79.9. The zero-order valence-corrected chi connectivity index (χ0v) is 14.1. The standard InChI is InChI=1S/C15H18BrN3O2/c1-9(2)11-7-10(16)5-6-12(11)21-15-13(20-4)14(17-3)18-8-19-15/h5-9H,1-4H3,(H,17,18,19). The van der Waals surface area contributed by atoms with Gasteiger partial charge >= 0.3 is 0 Å². The van der Waals surface area contributed by atoms with Gasteiger partial charge < -0.3 is 14.8 Å². The molecule has 0 radical (unpaired) electrons. The summed E-state index contributed by atoms with van der Waals surface area (Å²) >= 11 is 3.49. The Balaban J connectivity index is 2.43. The normalized spacial score (nSPS) is 10.6. The first-order chi connectivity index (χ1) is 10.1. The summed E-state index contributed by atoms with van der Waals surface area (Å²) < 4.78 is 12.3. The molecule has 0 saturated heterocycles. The van der Waals surface area contributed by atoms with Gasteiger partial charge in [-0.25, -0.2) is 4.98 Å². The van der Waals surface area contributed by atoms with Gasteiger partial charge in [0.2, 0.25) is 5.75 Å². The van der Waals surface area contributed by atoms with E-state index < -0.39 is 0 Å². The molecule has 0 spiro atoms. The molecule has 0 aliphatic rings. The lowest BCUT2D eigenvalue weighted by molar-refractivity contribution is 0.367. The lowest BCUT2D eigenvalue weighted by Gasteiger charge is -2.16. The monoisotopic (exact) mass is 351 g/mol. The number of benzene rings is 1. The van der Waals surface area contributed by atoms with Gasteiger partial charge in [0, 0.05) is 11.5 Å². The van der Waals surface area contributed by atoms with E-state index in [0.29, 0.717) is 23.4 Å². The van der Waals surface area contributed by atoms with E-state index in [1.807, 2.05) is 18.2 Å². The third kappa shape index (κ3) is 3.44. The van der Waals surface area contributed by atoms with Crippen molar-refractivity contribution in [1.82, 2.24) is 9.97 Å². The number of hydrogen-bond acceptors (Lipinski definition) is 5. The SMILES string of the molecule is CNc1ncnc(Oc2ccc(Br)cc2C(C)C)c1OC. The number of halogens is 1. The molecule has 6 heteroatoms. The summed E-state index contributed by atoms with van der Waals surface area (Å²) in [5.74, 6) is 2.55. The van der Waals surface area contributed by atoms with Gasteiger partial charge in [-0.05, 0) is 29.7 Å². The highest BCUT2D eigenvalue weighted by Gasteiger charge is 2.16. The molecule has 112 valence electrons. The van der Waals surface area contributed by atoms with Crippen LogP contribution in [0.5, 0.6) is 17.4 Å². The number of ether oxygens (including phenoxy) is 2. The van der Waals surface area contributed by atoms with Crippen LogP contribution in [0.25, 0.3) is 0 Å². The van der Waals surface area contributed by atoms with Crippen LogP contribution in [0.2, 0.25) is 0 Å². The van der Waals surface area contributed by atoms with Crippen LogP contribution in [-0.4, -0.2) is 24.1 Å². The number of methoxy groups -OCH3 is 1.